The molecule has 0 aromatic rings. The summed E-state index contributed by atoms with van der Waals surface area (Å²) >= 11 is 0. The molecule has 1 aliphatic heterocycles. The summed E-state index contributed by atoms with van der Waals surface area (Å²) in [7, 11) is 1.30. The van der Waals surface area contributed by atoms with Crippen LogP contribution >= 0.6 is 0 Å². The Hall–Kier alpha value is -0.620. The maximum Gasteiger partial charge on any atom is 1.00 e. The molecule has 1 heterocycles. The van der Waals surface area contributed by atoms with Gasteiger partial charge >= 0.3 is 35.5 Å². The molecule has 0 N–H and O–H groups in total. The molecule has 0 saturated carbocycles. The molecule has 1 atom stereocenters. The Morgan fingerprint density at radius 3 is 2.76 bits per heavy atom. The first-order valence-corrected chi connectivity index (χ1v) is 8.24. The molecule has 0 radical (unpaired) electrons. The van der Waals surface area contributed by atoms with Crippen molar-refractivity contribution >= 4 is 11.9 Å². The Kier molecular flexibility index (Phi) is 15.2. The van der Waals surface area contributed by atoms with Crippen molar-refractivity contribution in [3.63, 3.8) is 0 Å². The summed E-state index contributed by atoms with van der Waals surface area (Å²) < 4.78 is 20.3. The Morgan fingerprint density at radius 2 is 2.04 bits per heavy atom. The standard InChI is InChI=1S/C17H27NO6.Na.H/c1-3-22-11-12-24-13-15-7-6-8-16(19)18(15)9-4-5-10-23-14-17(20)21-2;;/h15H,3,6-14H2,1-2H3;;/q;+1;-1/t15-;;/m1../s1. The number of rotatable bonds is 10. The van der Waals surface area contributed by atoms with Crippen molar-refractivity contribution in [2.45, 2.75) is 32.2 Å². The molecule has 1 aliphatic rings. The van der Waals surface area contributed by atoms with Crippen molar-refractivity contribution in [2.24, 2.45) is 0 Å². The van der Waals surface area contributed by atoms with Crippen LogP contribution in [-0.4, -0.2) is 76.1 Å². The number of likely N-dealkylation sites (tertiary alicyclic amines) is 1. The first kappa shape index (κ1) is 24.4. The van der Waals surface area contributed by atoms with Gasteiger partial charge in [0, 0.05) is 13.0 Å². The minimum Gasteiger partial charge on any atom is -1.00 e. The zero-order valence-corrected chi connectivity index (χ0v) is 17.5. The van der Waals surface area contributed by atoms with E-state index >= 15 is 0 Å². The second-order valence-corrected chi connectivity index (χ2v) is 5.26. The second-order valence-electron chi connectivity index (χ2n) is 5.26. The zero-order valence-electron chi connectivity index (χ0n) is 16.5. The van der Waals surface area contributed by atoms with Crippen LogP contribution < -0.4 is 29.6 Å². The molecule has 0 bridgehead atoms. The SMILES string of the molecule is CCOCCOC[C@H]1CCCC(=O)N1CC#CCOCC(=O)OC.[H-].[Na+]. The number of hydrogen-bond acceptors (Lipinski definition) is 6. The van der Waals surface area contributed by atoms with Gasteiger partial charge in [-0.25, -0.2) is 4.79 Å². The minimum atomic E-state index is -0.438. The third-order valence-electron chi connectivity index (χ3n) is 3.57. The number of piperidine rings is 1. The van der Waals surface area contributed by atoms with Gasteiger partial charge in [-0.1, -0.05) is 11.8 Å². The zero-order chi connectivity index (χ0) is 17.6. The summed E-state index contributed by atoms with van der Waals surface area (Å²) in [6.45, 7) is 4.56. The molecule has 0 aromatic heterocycles. The predicted octanol–water partition coefficient (Wildman–Crippen LogP) is -2.27. The summed E-state index contributed by atoms with van der Waals surface area (Å²) in [6, 6.07) is 0.0539. The molecule has 0 aromatic carbocycles. The summed E-state index contributed by atoms with van der Waals surface area (Å²) in [5.41, 5.74) is 0. The predicted molar refractivity (Wildman–Crippen MR) is 88.4 cm³/mol. The number of carbonyl (C=O) groups excluding carboxylic acids is 2. The number of amides is 1. The molecule has 0 aliphatic carbocycles. The van der Waals surface area contributed by atoms with Gasteiger partial charge in [0.05, 0.1) is 39.5 Å². The molecular weight excluding hydrogens is 337 g/mol. The van der Waals surface area contributed by atoms with E-state index in [2.05, 4.69) is 16.6 Å². The average Bonchev–Trinajstić information content (AvgIpc) is 2.59. The first-order valence-electron chi connectivity index (χ1n) is 8.24. The fourth-order valence-corrected chi connectivity index (χ4v) is 2.30. The largest absolute Gasteiger partial charge is 1.00 e. The van der Waals surface area contributed by atoms with Gasteiger partial charge in [0.25, 0.3) is 0 Å². The number of methoxy groups -OCH3 is 1. The fourth-order valence-electron chi connectivity index (χ4n) is 2.30. The number of carbonyl (C=O) groups is 2. The average molecular weight is 365 g/mol. The molecule has 0 spiro atoms. The van der Waals surface area contributed by atoms with E-state index in [1.54, 1.807) is 4.90 Å². The molecule has 8 heteroatoms. The Morgan fingerprint density at radius 1 is 1.28 bits per heavy atom. The summed E-state index contributed by atoms with van der Waals surface area (Å²) in [4.78, 5) is 24.7. The van der Waals surface area contributed by atoms with Crippen LogP contribution in [0.5, 0.6) is 0 Å². The van der Waals surface area contributed by atoms with Crippen LogP contribution in [0.25, 0.3) is 0 Å². The molecular formula is C17H28NNaO6. The van der Waals surface area contributed by atoms with E-state index in [1.807, 2.05) is 6.92 Å². The molecule has 1 fully saturated rings. The van der Waals surface area contributed by atoms with Crippen molar-refractivity contribution in [1.29, 1.82) is 0 Å². The number of esters is 1. The molecule has 0 unspecified atom stereocenters. The van der Waals surface area contributed by atoms with Crippen molar-refractivity contribution < 1.29 is 59.5 Å². The maximum absolute atomic E-state index is 12.1. The number of hydrogen-bond donors (Lipinski definition) is 0. The van der Waals surface area contributed by atoms with Gasteiger partial charge in [0.15, 0.2) is 0 Å². The third kappa shape index (κ3) is 10.9. The second kappa shape index (κ2) is 15.6. The van der Waals surface area contributed by atoms with Crippen LogP contribution in [0.15, 0.2) is 0 Å². The molecule has 138 valence electrons. The van der Waals surface area contributed by atoms with E-state index in [9.17, 15) is 9.59 Å². The van der Waals surface area contributed by atoms with Crippen molar-refractivity contribution in [3.05, 3.63) is 0 Å². The van der Waals surface area contributed by atoms with Gasteiger partial charge in [-0.05, 0) is 19.8 Å². The Balaban J connectivity index is 0. The van der Waals surface area contributed by atoms with Crippen molar-refractivity contribution in [2.75, 3.05) is 53.3 Å². The van der Waals surface area contributed by atoms with Crippen LogP contribution in [0.1, 0.15) is 27.6 Å². The molecule has 25 heavy (non-hydrogen) atoms. The monoisotopic (exact) mass is 365 g/mol. The van der Waals surface area contributed by atoms with E-state index in [1.165, 1.54) is 7.11 Å². The van der Waals surface area contributed by atoms with E-state index in [0.29, 0.717) is 39.4 Å². The first-order chi connectivity index (χ1) is 11.7. The number of ether oxygens (including phenoxy) is 4. The normalized spacial score (nSPS) is 16.6. The van der Waals surface area contributed by atoms with Gasteiger partial charge in [0.1, 0.15) is 13.2 Å². The summed E-state index contributed by atoms with van der Waals surface area (Å²) in [5, 5.41) is 0. The Labute approximate surface area is 173 Å². The van der Waals surface area contributed by atoms with Gasteiger partial charge in [-0.3, -0.25) is 4.79 Å². The van der Waals surface area contributed by atoms with Crippen LogP contribution in [0, 0.1) is 11.8 Å². The molecule has 1 amide bonds. The van der Waals surface area contributed by atoms with Gasteiger partial charge in [-0.15, -0.1) is 0 Å². The maximum atomic E-state index is 12.1. The Bertz CT molecular complexity index is 454. The van der Waals surface area contributed by atoms with E-state index in [4.69, 9.17) is 14.2 Å². The minimum absolute atomic E-state index is 0. The van der Waals surface area contributed by atoms with Crippen LogP contribution in [0.4, 0.5) is 0 Å². The summed E-state index contributed by atoms with van der Waals surface area (Å²) in [5.74, 6) is 5.38. The smallest absolute Gasteiger partial charge is 1.00 e. The van der Waals surface area contributed by atoms with E-state index < -0.39 is 5.97 Å². The number of nitrogens with zero attached hydrogens (tertiary/aromatic N) is 1. The van der Waals surface area contributed by atoms with Crippen molar-refractivity contribution in [1.82, 2.24) is 4.90 Å². The topological polar surface area (TPSA) is 74.3 Å². The van der Waals surface area contributed by atoms with Gasteiger partial charge < -0.3 is 25.3 Å². The van der Waals surface area contributed by atoms with Crippen LogP contribution in [-0.2, 0) is 28.5 Å². The van der Waals surface area contributed by atoms with Crippen molar-refractivity contribution in [3.8, 4) is 11.8 Å². The van der Waals surface area contributed by atoms with Gasteiger partial charge in [0.2, 0.25) is 5.91 Å². The van der Waals surface area contributed by atoms with E-state index in [-0.39, 0.29) is 56.1 Å². The summed E-state index contributed by atoms with van der Waals surface area (Å²) in [6.07, 6.45) is 2.35. The third-order valence-corrected chi connectivity index (χ3v) is 3.57. The van der Waals surface area contributed by atoms with Crippen LogP contribution in [0.3, 0.4) is 0 Å². The van der Waals surface area contributed by atoms with E-state index in [0.717, 1.165) is 12.8 Å². The molecule has 1 saturated heterocycles. The van der Waals surface area contributed by atoms with Gasteiger partial charge in [-0.2, -0.15) is 0 Å². The fraction of sp³-hybridized carbons (Fsp3) is 0.765. The molecule has 7 nitrogen and oxygen atoms in total. The molecule has 1 rings (SSSR count). The quantitative estimate of drug-likeness (QED) is 0.188. The van der Waals surface area contributed by atoms with Crippen LogP contribution in [0.2, 0.25) is 0 Å².